The van der Waals surface area contributed by atoms with Crippen molar-refractivity contribution in [3.63, 3.8) is 0 Å². The van der Waals surface area contributed by atoms with Crippen molar-refractivity contribution in [2.45, 2.75) is 101 Å². The summed E-state index contributed by atoms with van der Waals surface area (Å²) in [5.41, 5.74) is 17.4. The number of ketones is 4. The van der Waals surface area contributed by atoms with Gasteiger partial charge in [-0.25, -0.2) is 0 Å². The molecule has 0 aromatic heterocycles. The molecule has 0 saturated carbocycles. The zero-order valence-corrected chi connectivity index (χ0v) is 43.2. The first kappa shape index (κ1) is 61.2. The molecule has 2 aliphatic rings. The Hall–Kier alpha value is -5.08. The number of benzene rings is 1. The van der Waals surface area contributed by atoms with Crippen LogP contribution in [0.5, 0.6) is 0 Å². The Labute approximate surface area is 431 Å². The van der Waals surface area contributed by atoms with Crippen LogP contribution in [0.25, 0.3) is 0 Å². The van der Waals surface area contributed by atoms with Crippen LogP contribution in [0.1, 0.15) is 76.2 Å². The van der Waals surface area contributed by atoms with Crippen molar-refractivity contribution in [3.8, 4) is 0 Å². The Bertz CT molecular complexity index is 2020. The molecule has 2 aliphatic heterocycles. The van der Waals surface area contributed by atoms with E-state index in [9.17, 15) is 53.1 Å². The number of methoxy groups -OCH3 is 1. The minimum atomic E-state index is -1.47. The van der Waals surface area contributed by atoms with Crippen LogP contribution in [0, 0.1) is 17.8 Å². The number of thioether (sulfide) groups is 1. The van der Waals surface area contributed by atoms with Gasteiger partial charge in [0, 0.05) is 75.0 Å². The van der Waals surface area contributed by atoms with E-state index in [1.807, 2.05) is 0 Å². The van der Waals surface area contributed by atoms with E-state index >= 15 is 0 Å². The molecule has 2 heterocycles. The number of hydrogen-bond acceptors (Lipinski definition) is 17. The summed E-state index contributed by atoms with van der Waals surface area (Å²) in [4.78, 5) is 142. The number of amides is 5. The van der Waals surface area contributed by atoms with Crippen molar-refractivity contribution in [1.82, 2.24) is 26.6 Å². The molecular formula is C47H71N9O13S3. The first-order valence-electron chi connectivity index (χ1n) is 24.0. The summed E-state index contributed by atoms with van der Waals surface area (Å²) in [5.74, 6) is -11.6. The number of fused-ring (bicyclic) bond motifs is 5. The second-order valence-electron chi connectivity index (χ2n) is 17.5. The van der Waals surface area contributed by atoms with Crippen molar-refractivity contribution in [2.24, 2.45) is 39.9 Å². The Morgan fingerprint density at radius 2 is 1.40 bits per heavy atom. The number of nitrogens with one attached hydrogen (secondary N) is 5. The standard InChI is InChI=1S/C47H71N9O13S3/c1-68-17-18-69-16-8-13-38(58)35-25-70-28-41(61)53-34(12-5-6-14-48)46(67)56-37-27-72-71-26-36(40(60)22-31(44(65)54-35)19-29-9-3-2-4-10-29)55-45(66)32(23-42(62)63)20-33(57)24-52-43(64)30(21-39(37)59)11-7-15-51-47(49)50/h2-4,9-10,30-32,34-37H,5-8,11-28,48H2,1H3,(H,52,64)(H,53,61)(H,54,65)(H,55,66)(H,56,67)(H,62,63)(H4,49,50,51)/t30-,31-,32+,34+,35+,36+,37+/m1/s1. The van der Waals surface area contributed by atoms with E-state index in [0.29, 0.717) is 44.6 Å². The summed E-state index contributed by atoms with van der Waals surface area (Å²) in [6.45, 7) is 0.695. The van der Waals surface area contributed by atoms with Crippen molar-refractivity contribution in [1.29, 1.82) is 0 Å². The van der Waals surface area contributed by atoms with Crippen LogP contribution in [0.3, 0.4) is 0 Å². The minimum absolute atomic E-state index is 0.00217. The Kier molecular flexibility index (Phi) is 29.2. The molecule has 72 heavy (non-hydrogen) atoms. The monoisotopic (exact) mass is 1070 g/mol. The van der Waals surface area contributed by atoms with Crippen molar-refractivity contribution >= 4 is 97.9 Å². The lowest BCUT2D eigenvalue weighted by Crippen LogP contribution is -2.53. The fourth-order valence-corrected chi connectivity index (χ4v) is 11.0. The maximum absolute atomic E-state index is 14.5. The predicted octanol–water partition coefficient (Wildman–Crippen LogP) is -0.178. The highest BCUT2D eigenvalue weighted by molar-refractivity contribution is 8.76. The normalized spacial score (nSPS) is 24.1. The third-order valence-corrected chi connectivity index (χ3v) is 15.1. The van der Waals surface area contributed by atoms with Gasteiger partial charge >= 0.3 is 5.97 Å². The number of rotatable bonds is 20. The van der Waals surface area contributed by atoms with Crippen LogP contribution in [0.4, 0.5) is 0 Å². The lowest BCUT2D eigenvalue weighted by molar-refractivity contribution is -0.142. The number of nitrogens with two attached hydrogens (primary N) is 3. The van der Waals surface area contributed by atoms with Crippen molar-refractivity contribution in [2.75, 3.05) is 69.6 Å². The number of carbonyl (C=O) groups is 10. The number of unbranched alkanes of at least 4 members (excludes halogenated alkanes) is 1. The number of carbonyl (C=O) groups excluding carboxylic acids is 9. The number of nitrogens with zero attached hydrogens (tertiary/aromatic N) is 1. The first-order valence-corrected chi connectivity index (χ1v) is 27.6. The van der Waals surface area contributed by atoms with Gasteiger partial charge in [0.1, 0.15) is 6.04 Å². The van der Waals surface area contributed by atoms with Crippen LogP contribution in [0.15, 0.2) is 35.3 Å². The van der Waals surface area contributed by atoms with Crippen LogP contribution in [0.2, 0.25) is 0 Å². The lowest BCUT2D eigenvalue weighted by Gasteiger charge is -2.26. The highest BCUT2D eigenvalue weighted by Gasteiger charge is 2.35. The molecule has 0 unspecified atom stereocenters. The molecule has 25 heteroatoms. The maximum atomic E-state index is 14.5. The van der Waals surface area contributed by atoms with E-state index in [2.05, 4.69) is 31.6 Å². The molecule has 5 amide bonds. The van der Waals surface area contributed by atoms with E-state index < -0.39 is 127 Å². The summed E-state index contributed by atoms with van der Waals surface area (Å²) in [6.07, 6.45) is -0.522. The Morgan fingerprint density at radius 3 is 2.06 bits per heavy atom. The molecule has 7 atom stereocenters. The predicted molar refractivity (Wildman–Crippen MR) is 274 cm³/mol. The van der Waals surface area contributed by atoms with Crippen molar-refractivity contribution < 1.29 is 62.5 Å². The van der Waals surface area contributed by atoms with Crippen LogP contribution in [-0.2, 0) is 63.8 Å². The average molecular weight is 1070 g/mol. The van der Waals surface area contributed by atoms with Crippen LogP contribution in [-0.4, -0.2) is 163 Å². The number of Topliss-reactive ketones (excluding diaryl/α,β-unsaturated/α-hetero) is 4. The van der Waals surface area contributed by atoms with Gasteiger partial charge < -0.3 is 58.4 Å². The molecule has 0 aliphatic carbocycles. The molecule has 3 rings (SSSR count). The van der Waals surface area contributed by atoms with Crippen LogP contribution >= 0.6 is 33.3 Å². The largest absolute Gasteiger partial charge is 0.481 e. The SMILES string of the molecule is COCCOCCCC(=O)[C@@H]1CSCC(=O)N[C@@H](CCCCN)C(=O)N[C@H]2CSSC[C@H](NC(=O)[C@H](CC(=O)O)CC(=O)CNC(=O)[C@H](CCCN=C(N)N)CC2=O)C(=O)C[C@@H](Cc2ccccc2)C(=O)N1. The summed E-state index contributed by atoms with van der Waals surface area (Å²) in [7, 11) is 3.64. The van der Waals surface area contributed by atoms with E-state index in [-0.39, 0.29) is 80.0 Å². The average Bonchev–Trinajstić information content (AvgIpc) is 3.33. The van der Waals surface area contributed by atoms with Crippen LogP contribution < -0.4 is 43.8 Å². The smallest absolute Gasteiger partial charge is 0.304 e. The summed E-state index contributed by atoms with van der Waals surface area (Å²) in [6, 6.07) is 3.95. The van der Waals surface area contributed by atoms with Gasteiger partial charge in [-0.1, -0.05) is 51.9 Å². The highest BCUT2D eigenvalue weighted by Crippen LogP contribution is 2.27. The van der Waals surface area contributed by atoms with Gasteiger partial charge in [-0.3, -0.25) is 52.9 Å². The summed E-state index contributed by atoms with van der Waals surface area (Å²) >= 11 is 1.04. The molecule has 2 fully saturated rings. The zero-order valence-electron chi connectivity index (χ0n) is 40.7. The third kappa shape index (κ3) is 24.1. The van der Waals surface area contributed by atoms with E-state index in [1.54, 1.807) is 30.3 Å². The fraction of sp³-hybridized carbons (Fsp3) is 0.638. The second-order valence-corrected chi connectivity index (χ2v) is 21.1. The number of carboxylic acid groups (broad SMARTS) is 1. The Morgan fingerprint density at radius 1 is 0.736 bits per heavy atom. The number of aliphatic imine (C=N–C) groups is 1. The van der Waals surface area contributed by atoms with Gasteiger partial charge in [-0.2, -0.15) is 0 Å². The summed E-state index contributed by atoms with van der Waals surface area (Å²) < 4.78 is 10.5. The number of guanidine groups is 1. The first-order chi connectivity index (χ1) is 34.5. The van der Waals surface area contributed by atoms with Gasteiger partial charge in [0.15, 0.2) is 29.1 Å². The quantitative estimate of drug-likeness (QED) is 0.0354. The topological polar surface area (TPSA) is 360 Å². The fourth-order valence-electron chi connectivity index (χ4n) is 7.71. The molecule has 2 saturated heterocycles. The zero-order chi connectivity index (χ0) is 52.8. The molecule has 0 radical (unpaired) electrons. The molecule has 2 bridgehead atoms. The number of hydrogen-bond donors (Lipinski definition) is 9. The van der Waals surface area contributed by atoms with Gasteiger partial charge in [0.25, 0.3) is 0 Å². The minimum Gasteiger partial charge on any atom is -0.481 e. The molecular weight excluding hydrogens is 995 g/mol. The van der Waals surface area contributed by atoms with Gasteiger partial charge in [0.05, 0.1) is 56.0 Å². The highest BCUT2D eigenvalue weighted by atomic mass is 33.1. The lowest BCUT2D eigenvalue weighted by atomic mass is 9.90. The van der Waals surface area contributed by atoms with E-state index in [4.69, 9.17) is 26.7 Å². The van der Waals surface area contributed by atoms with Gasteiger partial charge in [-0.05, 0) is 57.1 Å². The molecule has 22 nitrogen and oxygen atoms in total. The third-order valence-electron chi connectivity index (χ3n) is 11.6. The molecule has 1 aromatic carbocycles. The molecule has 400 valence electrons. The molecule has 0 spiro atoms. The number of ether oxygens (including phenoxy) is 2. The second kappa shape index (κ2) is 34.4. The van der Waals surface area contributed by atoms with E-state index in [0.717, 1.165) is 33.3 Å². The van der Waals surface area contributed by atoms with E-state index in [1.165, 1.54) is 7.11 Å². The maximum Gasteiger partial charge on any atom is 0.304 e. The molecule has 1 aromatic rings. The van der Waals surface area contributed by atoms with Crippen molar-refractivity contribution in [3.05, 3.63) is 35.9 Å². The number of aliphatic carboxylic acids is 1. The van der Waals surface area contributed by atoms with Gasteiger partial charge in [-0.15, -0.1) is 11.8 Å². The van der Waals surface area contributed by atoms with Gasteiger partial charge in [0.2, 0.25) is 29.5 Å². The molecule has 12 N–H and O–H groups in total. The summed E-state index contributed by atoms with van der Waals surface area (Å²) in [5, 5.41) is 23.3. The Balaban J connectivity index is 2.14. The number of carboxylic acids is 1.